The molecule has 0 bridgehead atoms. The topological polar surface area (TPSA) is 295 Å². The third kappa shape index (κ3) is 15.4. The average molecular weight is 878 g/mol. The van der Waals surface area contributed by atoms with Crippen molar-refractivity contribution in [2.45, 2.75) is 38.6 Å². The summed E-state index contributed by atoms with van der Waals surface area (Å²) in [6.45, 7) is 5.98. The van der Waals surface area contributed by atoms with Gasteiger partial charge in [-0.2, -0.15) is 0 Å². The molecule has 0 saturated heterocycles. The Balaban J connectivity index is 0.000000199. The van der Waals surface area contributed by atoms with Gasteiger partial charge in [-0.25, -0.2) is 5.84 Å². The van der Waals surface area contributed by atoms with E-state index >= 15 is 0 Å². The van der Waals surface area contributed by atoms with Crippen LogP contribution in [0.2, 0.25) is 0 Å². The average Bonchev–Trinajstić information content (AvgIpc) is 4.06. The van der Waals surface area contributed by atoms with Crippen LogP contribution in [0.4, 0.5) is 0 Å². The van der Waals surface area contributed by atoms with Crippen LogP contribution in [0.5, 0.6) is 0 Å². The number of ketones is 2. The monoisotopic (exact) mass is 876 g/mol. The van der Waals surface area contributed by atoms with Crippen LogP contribution < -0.4 is 11.3 Å². The van der Waals surface area contributed by atoms with Gasteiger partial charge in [0.05, 0.1) is 4.83 Å². The number of aliphatic hydroxyl groups excluding tert-OH is 1. The summed E-state index contributed by atoms with van der Waals surface area (Å²) >= 11 is 7.98. The van der Waals surface area contributed by atoms with Crippen molar-refractivity contribution in [1.82, 2.24) is 56.0 Å². The predicted octanol–water partition coefficient (Wildman–Crippen LogP) is 5.13. The number of nitrogens with two attached hydrogens (primary N) is 1. The van der Waals surface area contributed by atoms with Gasteiger partial charge in [-0.3, -0.25) is 44.5 Å². The van der Waals surface area contributed by atoms with Crippen LogP contribution in [0.1, 0.15) is 71.6 Å². The Kier molecular flexibility index (Phi) is 18.8. The quantitative estimate of drug-likeness (QED) is 0.0339. The van der Waals surface area contributed by atoms with Crippen LogP contribution in [0, 0.1) is 0 Å². The Morgan fingerprint density at radius 2 is 1.07 bits per heavy atom. The van der Waals surface area contributed by atoms with E-state index in [-0.39, 0.29) is 34.2 Å². The number of carbonyl (C=O) groups excluding carboxylic acids is 4. The molecule has 0 aliphatic carbocycles. The summed E-state index contributed by atoms with van der Waals surface area (Å²) in [4.78, 5) is 56.8. The number of carbonyl (C=O) groups is 4. The van der Waals surface area contributed by atoms with Crippen LogP contribution >= 0.6 is 27.5 Å². The van der Waals surface area contributed by atoms with Crippen molar-refractivity contribution in [3.63, 3.8) is 0 Å². The number of aliphatic hydroxyl groups is 1. The molecule has 2 atom stereocenters. The van der Waals surface area contributed by atoms with Gasteiger partial charge in [0.2, 0.25) is 23.3 Å². The first-order chi connectivity index (χ1) is 27.8. The maximum absolute atomic E-state index is 10.9. The molecule has 0 radical (unpaired) electrons. The van der Waals surface area contributed by atoms with Gasteiger partial charge < -0.3 is 18.4 Å². The molecule has 1 amide bonds. The molecule has 0 fully saturated rings. The summed E-state index contributed by atoms with van der Waals surface area (Å²) in [6, 6.07) is 21.3. The maximum atomic E-state index is 10.9. The van der Waals surface area contributed by atoms with Crippen LogP contribution in [0.25, 0.3) is 34.8 Å². The van der Waals surface area contributed by atoms with E-state index in [4.69, 9.17) is 24.2 Å². The molecule has 20 nitrogen and oxygen atoms in total. The van der Waals surface area contributed by atoms with Gasteiger partial charge in [0.1, 0.15) is 28.9 Å². The SMILES string of the molecule is CC(=O)C(=O)Cl.CC(=O)c1nnc(-c2ccccn2)o1.CC(Br)c1nnc(-c2ccccn2)o1.CC(O)c1nnc(-c2ccccn2)o1.NNC(=O)c1ccccn1. The fourth-order valence-corrected chi connectivity index (χ4v) is 3.70. The van der Waals surface area contributed by atoms with E-state index in [1.165, 1.54) is 13.1 Å². The second-order valence-electron chi connectivity index (χ2n) is 10.8. The number of Topliss-reactive ketones (excluding diaryl/α,β-unsaturated/α-hetero) is 2. The third-order valence-corrected chi connectivity index (χ3v) is 6.92. The molecule has 7 aromatic heterocycles. The van der Waals surface area contributed by atoms with Gasteiger partial charge >= 0.3 is 0 Å². The highest BCUT2D eigenvalue weighted by Gasteiger charge is 2.14. The normalized spacial score (nSPS) is 10.9. The molecule has 300 valence electrons. The van der Waals surface area contributed by atoms with Gasteiger partial charge in [0.25, 0.3) is 34.7 Å². The summed E-state index contributed by atoms with van der Waals surface area (Å²) in [5.41, 5.74) is 4.16. The second-order valence-corrected chi connectivity index (χ2v) is 12.5. The van der Waals surface area contributed by atoms with Gasteiger partial charge in [-0.05, 0) is 74.0 Å². The lowest BCUT2D eigenvalue weighted by Crippen LogP contribution is -2.30. The standard InChI is InChI=1S/C9H8BrN3O.C9H9N3O2.C9H7N3O2.C6H7N3O.C3H3ClO2/c1-6(10)8-12-13-9(14-8)7-4-2-3-5-11-7;2*1-6(13)8-11-12-9(14-8)7-4-2-3-5-10-7;7-9-6(10)5-3-1-2-4-8-5;1-2(5)3(4)6/h2-6H,1H3;2-6,13H,1H3;2-5H,1H3;1-4H,7H2,(H,9,10);1H3. The number of alkyl halides is 1. The largest absolute Gasteiger partial charge is 0.418 e. The van der Waals surface area contributed by atoms with Crippen LogP contribution in [0.15, 0.2) is 111 Å². The second kappa shape index (κ2) is 24.0. The number of hydrogen-bond donors (Lipinski definition) is 3. The molecule has 0 saturated carbocycles. The highest BCUT2D eigenvalue weighted by atomic mass is 79.9. The molecular weight excluding hydrogens is 844 g/mol. The van der Waals surface area contributed by atoms with Crippen LogP contribution in [-0.4, -0.2) is 78.4 Å². The first-order valence-electron chi connectivity index (χ1n) is 16.5. The Morgan fingerprint density at radius 3 is 1.38 bits per heavy atom. The Labute approximate surface area is 342 Å². The fraction of sp³-hybridized carbons (Fsp3) is 0.167. The van der Waals surface area contributed by atoms with Gasteiger partial charge in [0.15, 0.2) is 0 Å². The molecule has 7 aromatic rings. The minimum atomic E-state index is -0.907. The fourth-order valence-electron chi connectivity index (χ4n) is 3.51. The number of rotatable bonds is 8. The molecule has 7 heterocycles. The van der Waals surface area contributed by atoms with Crippen molar-refractivity contribution < 1.29 is 37.5 Å². The van der Waals surface area contributed by atoms with Crippen LogP contribution in [-0.2, 0) is 9.59 Å². The lowest BCUT2D eigenvalue weighted by Gasteiger charge is -1.94. The zero-order valence-corrected chi connectivity index (χ0v) is 33.3. The maximum Gasteiger partial charge on any atom is 0.287 e. The van der Waals surface area contributed by atoms with E-state index in [0.29, 0.717) is 40.4 Å². The number of nitrogens with one attached hydrogen (secondary N) is 1. The number of halogens is 2. The summed E-state index contributed by atoms with van der Waals surface area (Å²) < 4.78 is 15.7. The number of aromatic nitrogens is 10. The minimum Gasteiger partial charge on any atom is -0.418 e. The summed E-state index contributed by atoms with van der Waals surface area (Å²) in [5, 5.41) is 30.8. The van der Waals surface area contributed by atoms with E-state index < -0.39 is 17.1 Å². The van der Waals surface area contributed by atoms with E-state index in [1.54, 1.807) is 74.0 Å². The summed E-state index contributed by atoms with van der Waals surface area (Å²) in [5.74, 6) is 5.42. The number of nitrogens with zero attached hydrogens (tertiary/aromatic N) is 10. The molecule has 0 aliphatic heterocycles. The first kappa shape index (κ1) is 45.6. The molecule has 0 aliphatic rings. The molecule has 2 unspecified atom stereocenters. The van der Waals surface area contributed by atoms with E-state index in [1.807, 2.05) is 36.6 Å². The number of hydrogen-bond acceptors (Lipinski definition) is 19. The highest BCUT2D eigenvalue weighted by Crippen LogP contribution is 2.23. The van der Waals surface area contributed by atoms with Gasteiger partial charge in [-0.15, -0.1) is 30.6 Å². The molecule has 22 heteroatoms. The van der Waals surface area contributed by atoms with E-state index in [9.17, 15) is 19.2 Å². The first-order valence-corrected chi connectivity index (χ1v) is 17.8. The molecule has 0 aromatic carbocycles. The van der Waals surface area contributed by atoms with Crippen molar-refractivity contribution in [3.05, 3.63) is 121 Å². The molecule has 7 rings (SSSR count). The van der Waals surface area contributed by atoms with Crippen molar-refractivity contribution in [2.24, 2.45) is 5.84 Å². The third-order valence-electron chi connectivity index (χ3n) is 6.26. The van der Waals surface area contributed by atoms with E-state index in [0.717, 1.165) is 6.92 Å². The lowest BCUT2D eigenvalue weighted by molar-refractivity contribution is -0.130. The number of pyridine rings is 4. The minimum absolute atomic E-state index is 0.00523. The number of nitrogen functional groups attached to an aromatic ring is 1. The summed E-state index contributed by atoms with van der Waals surface area (Å²) in [6.07, 6.45) is 5.73. The van der Waals surface area contributed by atoms with Gasteiger partial charge in [-0.1, -0.05) is 40.2 Å². The smallest absolute Gasteiger partial charge is 0.287 e. The Morgan fingerprint density at radius 1 is 0.655 bits per heavy atom. The Hall–Kier alpha value is -6.81. The zero-order valence-electron chi connectivity index (χ0n) is 31.0. The predicted molar refractivity (Wildman–Crippen MR) is 208 cm³/mol. The van der Waals surface area contributed by atoms with Crippen molar-refractivity contribution in [3.8, 4) is 34.8 Å². The van der Waals surface area contributed by atoms with E-state index in [2.05, 4.69) is 78.1 Å². The molecule has 4 N–H and O–H groups in total. The van der Waals surface area contributed by atoms with Crippen molar-refractivity contribution in [1.29, 1.82) is 0 Å². The van der Waals surface area contributed by atoms with Crippen molar-refractivity contribution >= 4 is 50.2 Å². The molecular formula is C36H34BrClN12O8. The van der Waals surface area contributed by atoms with Gasteiger partial charge in [0, 0.05) is 38.6 Å². The highest BCUT2D eigenvalue weighted by molar-refractivity contribution is 9.09. The zero-order chi connectivity index (χ0) is 42.5. The Bertz CT molecular complexity index is 2220. The number of amides is 1. The van der Waals surface area contributed by atoms with Crippen LogP contribution in [0.3, 0.4) is 0 Å². The van der Waals surface area contributed by atoms with Crippen molar-refractivity contribution in [2.75, 3.05) is 0 Å². The summed E-state index contributed by atoms with van der Waals surface area (Å²) in [7, 11) is 0. The number of hydrazine groups is 1. The molecule has 0 spiro atoms. The lowest BCUT2D eigenvalue weighted by atomic mass is 10.3. The molecule has 58 heavy (non-hydrogen) atoms.